The number of pyridine rings is 1. The molecule has 0 amide bonds. The molecule has 0 bridgehead atoms. The van der Waals surface area contributed by atoms with Gasteiger partial charge in [-0.15, -0.1) is 0 Å². The van der Waals surface area contributed by atoms with Crippen LogP contribution in [0.4, 0.5) is 5.82 Å². The van der Waals surface area contributed by atoms with Gasteiger partial charge in [-0.1, -0.05) is 24.3 Å². The van der Waals surface area contributed by atoms with Gasteiger partial charge < -0.3 is 4.90 Å². The molecule has 1 aromatic heterocycles. The summed E-state index contributed by atoms with van der Waals surface area (Å²) < 4.78 is 1.09. The summed E-state index contributed by atoms with van der Waals surface area (Å²) in [6.45, 7) is 4.05. The van der Waals surface area contributed by atoms with Crippen molar-refractivity contribution < 1.29 is 0 Å². The van der Waals surface area contributed by atoms with E-state index >= 15 is 0 Å². The SMILES string of the molecule is Cc1cnc(N2CCc3ccccc3C2)c(Br)c1. The Morgan fingerprint density at radius 2 is 2.00 bits per heavy atom. The molecule has 2 heterocycles. The van der Waals surface area contributed by atoms with Crippen LogP contribution in [0.15, 0.2) is 41.0 Å². The molecule has 0 aliphatic carbocycles. The second-order valence-corrected chi connectivity index (χ2v) is 5.61. The monoisotopic (exact) mass is 302 g/mol. The Morgan fingerprint density at radius 1 is 1.22 bits per heavy atom. The number of benzene rings is 1. The third-order valence-electron chi connectivity index (χ3n) is 3.39. The fourth-order valence-electron chi connectivity index (χ4n) is 2.44. The second-order valence-electron chi connectivity index (χ2n) is 4.76. The lowest BCUT2D eigenvalue weighted by molar-refractivity contribution is 0.719. The highest BCUT2D eigenvalue weighted by atomic mass is 79.9. The molecule has 0 spiro atoms. The van der Waals surface area contributed by atoms with Crippen molar-refractivity contribution in [2.75, 3.05) is 11.4 Å². The van der Waals surface area contributed by atoms with E-state index in [0.29, 0.717) is 0 Å². The van der Waals surface area contributed by atoms with E-state index in [0.717, 1.165) is 29.8 Å². The van der Waals surface area contributed by atoms with Crippen molar-refractivity contribution in [2.45, 2.75) is 19.9 Å². The molecule has 0 N–H and O–H groups in total. The number of aryl methyl sites for hydroxylation is 1. The third kappa shape index (κ3) is 2.15. The van der Waals surface area contributed by atoms with Crippen molar-refractivity contribution in [3.63, 3.8) is 0 Å². The summed E-state index contributed by atoms with van der Waals surface area (Å²) in [6.07, 6.45) is 3.03. The van der Waals surface area contributed by atoms with Gasteiger partial charge in [0.15, 0.2) is 0 Å². The van der Waals surface area contributed by atoms with Gasteiger partial charge in [-0.05, 0) is 52.0 Å². The molecule has 1 aliphatic heterocycles. The lowest BCUT2D eigenvalue weighted by atomic mass is 10.00. The number of nitrogens with zero attached hydrogens (tertiary/aromatic N) is 2. The minimum Gasteiger partial charge on any atom is -0.351 e. The summed E-state index contributed by atoms with van der Waals surface area (Å²) in [5.41, 5.74) is 4.07. The number of halogens is 1. The van der Waals surface area contributed by atoms with Crippen LogP contribution in [0.3, 0.4) is 0 Å². The smallest absolute Gasteiger partial charge is 0.143 e. The molecule has 92 valence electrons. The van der Waals surface area contributed by atoms with Gasteiger partial charge in [-0.25, -0.2) is 4.98 Å². The van der Waals surface area contributed by atoms with E-state index in [2.05, 4.69) is 63.1 Å². The van der Waals surface area contributed by atoms with Crippen LogP contribution in [-0.4, -0.2) is 11.5 Å². The molecule has 1 aromatic carbocycles. The zero-order valence-electron chi connectivity index (χ0n) is 10.4. The van der Waals surface area contributed by atoms with Gasteiger partial charge in [0.25, 0.3) is 0 Å². The lowest BCUT2D eigenvalue weighted by Crippen LogP contribution is -2.31. The molecule has 0 fully saturated rings. The number of hydrogen-bond donors (Lipinski definition) is 0. The topological polar surface area (TPSA) is 16.1 Å². The Balaban J connectivity index is 1.92. The molecule has 0 saturated carbocycles. The maximum absolute atomic E-state index is 4.55. The van der Waals surface area contributed by atoms with Gasteiger partial charge in [0.2, 0.25) is 0 Å². The highest BCUT2D eigenvalue weighted by Crippen LogP contribution is 2.29. The molecule has 0 saturated heterocycles. The number of hydrogen-bond acceptors (Lipinski definition) is 2. The van der Waals surface area contributed by atoms with Crippen molar-refractivity contribution in [3.8, 4) is 0 Å². The van der Waals surface area contributed by atoms with E-state index in [-0.39, 0.29) is 0 Å². The van der Waals surface area contributed by atoms with Gasteiger partial charge in [-0.3, -0.25) is 0 Å². The van der Waals surface area contributed by atoms with E-state index in [4.69, 9.17) is 0 Å². The standard InChI is InChI=1S/C15H15BrN2/c1-11-8-14(16)15(17-9-11)18-7-6-12-4-2-3-5-13(12)10-18/h2-5,8-9H,6-7,10H2,1H3. The fraction of sp³-hybridized carbons (Fsp3) is 0.267. The van der Waals surface area contributed by atoms with Crippen LogP contribution in [0.5, 0.6) is 0 Å². The molecular weight excluding hydrogens is 288 g/mol. The molecule has 2 nitrogen and oxygen atoms in total. The van der Waals surface area contributed by atoms with Crippen molar-refractivity contribution in [1.29, 1.82) is 0 Å². The van der Waals surface area contributed by atoms with E-state index in [1.54, 1.807) is 0 Å². The van der Waals surface area contributed by atoms with Gasteiger partial charge >= 0.3 is 0 Å². The van der Waals surface area contributed by atoms with Crippen LogP contribution in [0.2, 0.25) is 0 Å². The Kier molecular flexibility index (Phi) is 3.08. The quantitative estimate of drug-likeness (QED) is 0.798. The van der Waals surface area contributed by atoms with E-state index in [9.17, 15) is 0 Å². The first-order chi connectivity index (χ1) is 8.74. The van der Waals surface area contributed by atoms with E-state index < -0.39 is 0 Å². The van der Waals surface area contributed by atoms with Crippen molar-refractivity contribution >= 4 is 21.7 Å². The molecule has 18 heavy (non-hydrogen) atoms. The first-order valence-corrected chi connectivity index (χ1v) is 6.97. The Labute approximate surface area is 116 Å². The largest absolute Gasteiger partial charge is 0.351 e. The van der Waals surface area contributed by atoms with Crippen molar-refractivity contribution in [3.05, 3.63) is 57.7 Å². The second kappa shape index (κ2) is 4.73. The number of anilines is 1. The molecular formula is C15H15BrN2. The molecule has 3 heteroatoms. The molecule has 0 radical (unpaired) electrons. The Bertz CT molecular complexity index is 580. The van der Waals surface area contributed by atoms with Crippen molar-refractivity contribution in [2.24, 2.45) is 0 Å². The predicted molar refractivity (Wildman–Crippen MR) is 77.9 cm³/mol. The lowest BCUT2D eigenvalue weighted by Gasteiger charge is -2.30. The highest BCUT2D eigenvalue weighted by molar-refractivity contribution is 9.10. The third-order valence-corrected chi connectivity index (χ3v) is 3.97. The van der Waals surface area contributed by atoms with Crippen LogP contribution in [0.1, 0.15) is 16.7 Å². The summed E-state index contributed by atoms with van der Waals surface area (Å²) >= 11 is 3.62. The number of aromatic nitrogens is 1. The van der Waals surface area contributed by atoms with Gasteiger partial charge in [0, 0.05) is 19.3 Å². The zero-order chi connectivity index (χ0) is 12.5. The number of fused-ring (bicyclic) bond motifs is 1. The summed E-state index contributed by atoms with van der Waals surface area (Å²) in [5.74, 6) is 1.05. The van der Waals surface area contributed by atoms with Crippen LogP contribution >= 0.6 is 15.9 Å². The first kappa shape index (κ1) is 11.7. The van der Waals surface area contributed by atoms with E-state index in [1.807, 2.05) is 6.20 Å². The summed E-state index contributed by atoms with van der Waals surface area (Å²) in [7, 11) is 0. The van der Waals surface area contributed by atoms with Gasteiger partial charge in [0.05, 0.1) is 4.47 Å². The summed E-state index contributed by atoms with van der Waals surface area (Å²) in [5, 5.41) is 0. The minimum atomic E-state index is 0.949. The normalized spacial score (nSPS) is 14.4. The molecule has 0 atom stereocenters. The Hall–Kier alpha value is -1.35. The fourth-order valence-corrected chi connectivity index (χ4v) is 3.15. The predicted octanol–water partition coefficient (Wildman–Crippen LogP) is 3.72. The summed E-state index contributed by atoms with van der Waals surface area (Å²) in [6, 6.07) is 10.8. The highest BCUT2D eigenvalue weighted by Gasteiger charge is 2.18. The summed E-state index contributed by atoms with van der Waals surface area (Å²) in [4.78, 5) is 6.89. The maximum Gasteiger partial charge on any atom is 0.143 e. The van der Waals surface area contributed by atoms with Crippen LogP contribution < -0.4 is 4.90 Å². The molecule has 1 aliphatic rings. The number of rotatable bonds is 1. The maximum atomic E-state index is 4.55. The van der Waals surface area contributed by atoms with Crippen LogP contribution in [0, 0.1) is 6.92 Å². The Morgan fingerprint density at radius 3 is 2.78 bits per heavy atom. The molecule has 2 aromatic rings. The molecule has 0 unspecified atom stereocenters. The molecule has 3 rings (SSSR count). The van der Waals surface area contributed by atoms with E-state index in [1.165, 1.54) is 16.7 Å². The average Bonchev–Trinajstić information content (AvgIpc) is 2.38. The zero-order valence-corrected chi connectivity index (χ0v) is 11.9. The van der Waals surface area contributed by atoms with Crippen LogP contribution in [0.25, 0.3) is 0 Å². The van der Waals surface area contributed by atoms with Crippen molar-refractivity contribution in [1.82, 2.24) is 4.98 Å². The van der Waals surface area contributed by atoms with Gasteiger partial charge in [0.1, 0.15) is 5.82 Å². The average molecular weight is 303 g/mol. The minimum absolute atomic E-state index is 0.949. The van der Waals surface area contributed by atoms with Gasteiger partial charge in [-0.2, -0.15) is 0 Å². The first-order valence-electron chi connectivity index (χ1n) is 6.18. The van der Waals surface area contributed by atoms with Crippen LogP contribution in [-0.2, 0) is 13.0 Å².